The van der Waals surface area contributed by atoms with Gasteiger partial charge in [-0.25, -0.2) is 4.79 Å². The maximum absolute atomic E-state index is 11.8. The molecule has 0 radical (unpaired) electrons. The Labute approximate surface area is 121 Å². The predicted molar refractivity (Wildman–Crippen MR) is 77.3 cm³/mol. The van der Waals surface area contributed by atoms with Gasteiger partial charge in [-0.15, -0.1) is 0 Å². The lowest BCUT2D eigenvalue weighted by molar-refractivity contribution is -0.721. The SMILES string of the molecule is Cc1ccc(C(=O)O[NH+]=C(N)c2ccc(Cl)cc2)cc1. The number of carbonyl (C=O) groups is 1. The quantitative estimate of drug-likeness (QED) is 0.386. The number of carbonyl (C=O) groups excluding carboxylic acids is 1. The fraction of sp³-hybridized carbons (Fsp3) is 0.0667. The van der Waals surface area contributed by atoms with Crippen LogP contribution in [0.3, 0.4) is 0 Å². The molecule has 2 aromatic rings. The number of aryl methyl sites for hydroxylation is 1. The largest absolute Gasteiger partial charge is 0.387 e. The van der Waals surface area contributed by atoms with E-state index in [-0.39, 0.29) is 5.84 Å². The number of nitrogens with two attached hydrogens (primary N) is 1. The first-order valence-corrected chi connectivity index (χ1v) is 6.36. The number of hydrogen-bond donors (Lipinski definition) is 2. The topological polar surface area (TPSA) is 66.3 Å². The summed E-state index contributed by atoms with van der Waals surface area (Å²) in [5, 5.41) is 3.04. The molecule has 2 rings (SSSR count). The minimum atomic E-state index is -0.498. The van der Waals surface area contributed by atoms with Crippen LogP contribution in [0.15, 0.2) is 48.5 Å². The van der Waals surface area contributed by atoms with E-state index in [9.17, 15) is 4.79 Å². The molecule has 20 heavy (non-hydrogen) atoms. The van der Waals surface area contributed by atoms with E-state index in [4.69, 9.17) is 22.2 Å². The van der Waals surface area contributed by atoms with E-state index < -0.39 is 5.97 Å². The Morgan fingerprint density at radius 2 is 1.60 bits per heavy atom. The second-order valence-corrected chi connectivity index (χ2v) is 4.71. The molecule has 4 nitrogen and oxygen atoms in total. The molecule has 0 saturated carbocycles. The normalized spacial score (nSPS) is 11.2. The summed E-state index contributed by atoms with van der Waals surface area (Å²) in [6.07, 6.45) is 0. The smallest absolute Gasteiger partial charge is 0.284 e. The number of benzene rings is 2. The first-order chi connectivity index (χ1) is 9.56. The van der Waals surface area contributed by atoms with Crippen LogP contribution in [0.1, 0.15) is 21.5 Å². The van der Waals surface area contributed by atoms with Crippen molar-refractivity contribution in [1.29, 1.82) is 0 Å². The second kappa shape index (κ2) is 6.21. The van der Waals surface area contributed by atoms with Crippen LogP contribution < -0.4 is 10.9 Å². The summed E-state index contributed by atoms with van der Waals surface area (Å²) in [4.78, 5) is 16.7. The Morgan fingerprint density at radius 1 is 1.05 bits per heavy atom. The zero-order valence-electron chi connectivity index (χ0n) is 10.9. The van der Waals surface area contributed by atoms with Crippen molar-refractivity contribution in [2.45, 2.75) is 6.92 Å². The first kappa shape index (κ1) is 14.1. The zero-order valence-corrected chi connectivity index (χ0v) is 11.6. The minimum Gasteiger partial charge on any atom is -0.284 e. The molecule has 0 atom stereocenters. The molecule has 0 unspecified atom stereocenters. The summed E-state index contributed by atoms with van der Waals surface area (Å²) in [6.45, 7) is 1.94. The van der Waals surface area contributed by atoms with Crippen LogP contribution in [-0.4, -0.2) is 11.8 Å². The molecule has 5 heteroatoms. The van der Waals surface area contributed by atoms with Crippen molar-refractivity contribution < 1.29 is 14.8 Å². The molecule has 102 valence electrons. The van der Waals surface area contributed by atoms with E-state index in [2.05, 4.69) is 5.16 Å². The van der Waals surface area contributed by atoms with Gasteiger partial charge in [0.1, 0.15) is 0 Å². The lowest BCUT2D eigenvalue weighted by Gasteiger charge is -1.99. The highest BCUT2D eigenvalue weighted by atomic mass is 35.5. The number of nitrogens with one attached hydrogen (secondary N) is 1. The van der Waals surface area contributed by atoms with Crippen molar-refractivity contribution in [3.63, 3.8) is 0 Å². The highest BCUT2D eigenvalue weighted by Gasteiger charge is 2.10. The third-order valence-electron chi connectivity index (χ3n) is 2.70. The summed E-state index contributed by atoms with van der Waals surface area (Å²) in [5.74, 6) is -0.260. The summed E-state index contributed by atoms with van der Waals surface area (Å²) in [5.41, 5.74) is 7.99. The van der Waals surface area contributed by atoms with Gasteiger partial charge < -0.3 is 0 Å². The lowest BCUT2D eigenvalue weighted by Crippen LogP contribution is -2.75. The Kier molecular flexibility index (Phi) is 4.38. The van der Waals surface area contributed by atoms with Gasteiger partial charge in [0.25, 0.3) is 0 Å². The maximum atomic E-state index is 11.8. The molecule has 0 aromatic heterocycles. The highest BCUT2D eigenvalue weighted by Crippen LogP contribution is 2.08. The van der Waals surface area contributed by atoms with Crippen LogP contribution in [-0.2, 0) is 4.84 Å². The van der Waals surface area contributed by atoms with Crippen molar-refractivity contribution in [3.8, 4) is 0 Å². The van der Waals surface area contributed by atoms with E-state index in [0.717, 1.165) is 5.56 Å². The predicted octanol–water partition coefficient (Wildman–Crippen LogP) is 1.21. The highest BCUT2D eigenvalue weighted by molar-refractivity contribution is 6.30. The summed E-state index contributed by atoms with van der Waals surface area (Å²) in [7, 11) is 0. The first-order valence-electron chi connectivity index (χ1n) is 5.98. The zero-order chi connectivity index (χ0) is 14.5. The summed E-state index contributed by atoms with van der Waals surface area (Å²) in [6, 6.07) is 13.9. The molecule has 0 fully saturated rings. The van der Waals surface area contributed by atoms with E-state index >= 15 is 0 Å². The molecule has 0 saturated heterocycles. The van der Waals surface area contributed by atoms with Gasteiger partial charge in [-0.3, -0.25) is 10.6 Å². The molecule has 0 spiro atoms. The standard InChI is InChI=1S/C15H13ClN2O2/c1-10-2-4-12(5-3-10)15(19)20-18-14(17)11-6-8-13(16)9-7-11/h2-9H,1H3,(H2,17,18)/p+1. The fourth-order valence-electron chi connectivity index (χ4n) is 1.54. The van der Waals surface area contributed by atoms with Crippen molar-refractivity contribution in [2.24, 2.45) is 5.73 Å². The van der Waals surface area contributed by atoms with E-state index in [1.807, 2.05) is 19.1 Å². The van der Waals surface area contributed by atoms with Gasteiger partial charge in [0.2, 0.25) is 0 Å². The van der Waals surface area contributed by atoms with Gasteiger partial charge in [-0.1, -0.05) is 34.5 Å². The molecule has 3 N–H and O–H groups in total. The number of halogens is 1. The number of nitrogen functional groups attached to an aromatic ring is 1. The molecule has 0 aliphatic heterocycles. The van der Waals surface area contributed by atoms with E-state index in [1.165, 1.54) is 0 Å². The molecule has 2 aromatic carbocycles. The van der Waals surface area contributed by atoms with E-state index in [0.29, 0.717) is 16.1 Å². The van der Waals surface area contributed by atoms with Crippen LogP contribution in [0.5, 0.6) is 0 Å². The van der Waals surface area contributed by atoms with Crippen LogP contribution in [0.25, 0.3) is 0 Å². The van der Waals surface area contributed by atoms with Gasteiger partial charge in [-0.05, 0) is 43.3 Å². The van der Waals surface area contributed by atoms with Crippen molar-refractivity contribution >= 4 is 23.4 Å². The Bertz CT molecular complexity index is 634. The molecule has 0 bridgehead atoms. The maximum Gasteiger partial charge on any atom is 0.387 e. The molecule has 0 aliphatic rings. The van der Waals surface area contributed by atoms with Gasteiger partial charge >= 0.3 is 11.8 Å². The molecular formula is C15H14ClN2O2+. The number of rotatable bonds is 3. The lowest BCUT2D eigenvalue weighted by atomic mass is 10.2. The summed E-state index contributed by atoms with van der Waals surface area (Å²) < 4.78 is 0. The molecule has 0 heterocycles. The van der Waals surface area contributed by atoms with Gasteiger partial charge in [0, 0.05) is 5.02 Å². The van der Waals surface area contributed by atoms with Crippen molar-refractivity contribution in [1.82, 2.24) is 0 Å². The van der Waals surface area contributed by atoms with Gasteiger partial charge in [0.15, 0.2) is 0 Å². The number of hydrogen-bond acceptors (Lipinski definition) is 2. The Hall–Kier alpha value is -2.33. The third-order valence-corrected chi connectivity index (χ3v) is 2.95. The monoisotopic (exact) mass is 289 g/mol. The van der Waals surface area contributed by atoms with Gasteiger partial charge in [0.05, 0.1) is 11.1 Å². The average Bonchev–Trinajstić information content (AvgIpc) is 2.46. The average molecular weight is 290 g/mol. The van der Waals surface area contributed by atoms with Gasteiger partial charge in [-0.2, -0.15) is 0 Å². The number of amidine groups is 1. The second-order valence-electron chi connectivity index (χ2n) is 4.28. The third kappa shape index (κ3) is 3.59. The van der Waals surface area contributed by atoms with Crippen molar-refractivity contribution in [2.75, 3.05) is 0 Å². The minimum absolute atomic E-state index is 0.238. The molecule has 0 aliphatic carbocycles. The van der Waals surface area contributed by atoms with Crippen LogP contribution >= 0.6 is 11.6 Å². The summed E-state index contributed by atoms with van der Waals surface area (Å²) >= 11 is 5.78. The Balaban J connectivity index is 2.06. The van der Waals surface area contributed by atoms with E-state index in [1.54, 1.807) is 36.4 Å². The van der Waals surface area contributed by atoms with Crippen LogP contribution in [0, 0.1) is 6.92 Å². The Morgan fingerprint density at radius 3 is 2.20 bits per heavy atom. The van der Waals surface area contributed by atoms with Crippen molar-refractivity contribution in [3.05, 3.63) is 70.2 Å². The molecule has 0 amide bonds. The fourth-order valence-corrected chi connectivity index (χ4v) is 1.66. The molecular weight excluding hydrogens is 276 g/mol. The van der Waals surface area contributed by atoms with Crippen LogP contribution in [0.2, 0.25) is 5.02 Å². The van der Waals surface area contributed by atoms with Crippen LogP contribution in [0.4, 0.5) is 0 Å².